The summed E-state index contributed by atoms with van der Waals surface area (Å²) in [6.45, 7) is 0. The van der Waals surface area contributed by atoms with Crippen molar-refractivity contribution in [1.82, 2.24) is 4.90 Å². The standard InChI is InChI=1S/C14H13NO3/c1-18-14(17)15-12-7-6-9-4-2-3-5-10(9)11(12)8-13(15)16/h2-5,8,12H,6-7H2,1H3. The van der Waals surface area contributed by atoms with Gasteiger partial charge < -0.3 is 4.74 Å². The molecule has 1 aromatic carbocycles. The topological polar surface area (TPSA) is 46.6 Å². The van der Waals surface area contributed by atoms with Crippen LogP contribution >= 0.6 is 0 Å². The van der Waals surface area contributed by atoms with Crippen LogP contribution < -0.4 is 0 Å². The molecule has 2 aliphatic rings. The van der Waals surface area contributed by atoms with Crippen LogP contribution in [-0.4, -0.2) is 30.1 Å². The van der Waals surface area contributed by atoms with Crippen molar-refractivity contribution in [2.75, 3.05) is 7.11 Å². The van der Waals surface area contributed by atoms with Gasteiger partial charge in [-0.05, 0) is 29.5 Å². The first kappa shape index (κ1) is 11.0. The second kappa shape index (κ2) is 3.98. The van der Waals surface area contributed by atoms with E-state index in [0.29, 0.717) is 0 Å². The maximum absolute atomic E-state index is 11.9. The molecule has 1 unspecified atom stereocenters. The number of methoxy groups -OCH3 is 1. The van der Waals surface area contributed by atoms with E-state index in [1.165, 1.54) is 17.6 Å². The van der Waals surface area contributed by atoms with Gasteiger partial charge in [-0.3, -0.25) is 4.79 Å². The molecule has 4 nitrogen and oxygen atoms in total. The van der Waals surface area contributed by atoms with Crippen molar-refractivity contribution in [2.45, 2.75) is 18.9 Å². The maximum Gasteiger partial charge on any atom is 0.417 e. The predicted octanol–water partition coefficient (Wildman–Crippen LogP) is 1.99. The Kier molecular flexibility index (Phi) is 2.44. The summed E-state index contributed by atoms with van der Waals surface area (Å²) in [5.41, 5.74) is 3.25. The monoisotopic (exact) mass is 243 g/mol. The number of ether oxygens (including phenoxy) is 1. The molecule has 18 heavy (non-hydrogen) atoms. The van der Waals surface area contributed by atoms with Crippen LogP contribution in [0.4, 0.5) is 4.79 Å². The number of amides is 2. The highest BCUT2D eigenvalue weighted by Gasteiger charge is 2.40. The van der Waals surface area contributed by atoms with E-state index in [1.807, 2.05) is 18.2 Å². The van der Waals surface area contributed by atoms with Gasteiger partial charge in [-0.25, -0.2) is 9.69 Å². The molecule has 1 aliphatic heterocycles. The van der Waals surface area contributed by atoms with Gasteiger partial charge in [-0.1, -0.05) is 24.3 Å². The lowest BCUT2D eigenvalue weighted by atomic mass is 9.85. The molecule has 0 aromatic heterocycles. The first-order valence-corrected chi connectivity index (χ1v) is 5.93. The Morgan fingerprint density at radius 1 is 1.39 bits per heavy atom. The van der Waals surface area contributed by atoms with Gasteiger partial charge in [-0.15, -0.1) is 0 Å². The molecule has 0 saturated carbocycles. The van der Waals surface area contributed by atoms with Crippen molar-refractivity contribution in [1.29, 1.82) is 0 Å². The van der Waals surface area contributed by atoms with E-state index in [2.05, 4.69) is 10.8 Å². The van der Waals surface area contributed by atoms with E-state index in [-0.39, 0.29) is 11.9 Å². The zero-order valence-corrected chi connectivity index (χ0v) is 10.1. The summed E-state index contributed by atoms with van der Waals surface area (Å²) in [6, 6.07) is 7.85. The summed E-state index contributed by atoms with van der Waals surface area (Å²) < 4.78 is 4.67. The molecule has 2 amide bonds. The number of benzene rings is 1. The van der Waals surface area contributed by atoms with Gasteiger partial charge >= 0.3 is 6.09 Å². The lowest BCUT2D eigenvalue weighted by molar-refractivity contribution is -0.124. The first-order valence-electron chi connectivity index (χ1n) is 5.93. The number of hydrogen-bond acceptors (Lipinski definition) is 3. The number of aryl methyl sites for hydroxylation is 1. The lowest BCUT2D eigenvalue weighted by Gasteiger charge is -2.29. The van der Waals surface area contributed by atoms with Crippen LogP contribution in [0.15, 0.2) is 30.3 Å². The third kappa shape index (κ3) is 1.45. The number of rotatable bonds is 0. The number of imide groups is 1. The molecule has 1 atom stereocenters. The Morgan fingerprint density at radius 3 is 2.94 bits per heavy atom. The molecule has 1 aromatic rings. The number of carbonyl (C=O) groups is 2. The Morgan fingerprint density at radius 2 is 2.17 bits per heavy atom. The van der Waals surface area contributed by atoms with Crippen molar-refractivity contribution in [3.63, 3.8) is 0 Å². The average Bonchev–Trinajstić information content (AvgIpc) is 2.74. The quantitative estimate of drug-likeness (QED) is 0.700. The fraction of sp³-hybridized carbons (Fsp3) is 0.286. The second-order valence-electron chi connectivity index (χ2n) is 4.49. The number of hydrogen-bond donors (Lipinski definition) is 0. The minimum atomic E-state index is -0.573. The van der Waals surface area contributed by atoms with Crippen LogP contribution in [0.3, 0.4) is 0 Å². The van der Waals surface area contributed by atoms with Crippen molar-refractivity contribution in [3.05, 3.63) is 41.5 Å². The summed E-state index contributed by atoms with van der Waals surface area (Å²) in [5, 5.41) is 0. The van der Waals surface area contributed by atoms with Crippen molar-refractivity contribution in [2.24, 2.45) is 0 Å². The van der Waals surface area contributed by atoms with E-state index in [0.717, 1.165) is 24.0 Å². The highest BCUT2D eigenvalue weighted by Crippen LogP contribution is 2.37. The zero-order valence-electron chi connectivity index (χ0n) is 10.1. The van der Waals surface area contributed by atoms with Crippen molar-refractivity contribution >= 4 is 17.6 Å². The molecule has 1 heterocycles. The molecule has 0 radical (unpaired) electrons. The average molecular weight is 243 g/mol. The van der Waals surface area contributed by atoms with Crippen molar-refractivity contribution < 1.29 is 14.3 Å². The molecule has 0 spiro atoms. The Bertz CT molecular complexity index is 562. The van der Waals surface area contributed by atoms with E-state index in [4.69, 9.17) is 0 Å². The normalized spacial score (nSPS) is 21.2. The molecule has 1 aliphatic carbocycles. The second-order valence-corrected chi connectivity index (χ2v) is 4.49. The molecule has 92 valence electrons. The van der Waals surface area contributed by atoms with Crippen molar-refractivity contribution in [3.8, 4) is 0 Å². The smallest absolute Gasteiger partial charge is 0.417 e. The van der Waals surface area contributed by atoms with Crippen LogP contribution in [0.5, 0.6) is 0 Å². The summed E-state index contributed by atoms with van der Waals surface area (Å²) in [5.74, 6) is -0.279. The minimum Gasteiger partial charge on any atom is -0.452 e. The van der Waals surface area contributed by atoms with Gasteiger partial charge in [0.05, 0.1) is 13.2 Å². The molecule has 0 bridgehead atoms. The lowest BCUT2D eigenvalue weighted by Crippen LogP contribution is -2.41. The highest BCUT2D eigenvalue weighted by atomic mass is 16.5. The molecular formula is C14H13NO3. The Labute approximate surface area is 105 Å². The first-order chi connectivity index (χ1) is 8.72. The van der Waals surface area contributed by atoms with Crippen LogP contribution in [0.1, 0.15) is 17.5 Å². The number of carbonyl (C=O) groups excluding carboxylic acids is 2. The molecule has 4 heteroatoms. The Balaban J connectivity index is 2.03. The van der Waals surface area contributed by atoms with E-state index in [9.17, 15) is 9.59 Å². The van der Waals surface area contributed by atoms with E-state index < -0.39 is 6.09 Å². The fourth-order valence-electron chi connectivity index (χ4n) is 2.76. The van der Waals surface area contributed by atoms with Gasteiger partial charge in [-0.2, -0.15) is 0 Å². The summed E-state index contributed by atoms with van der Waals surface area (Å²) in [6.07, 6.45) is 2.62. The van der Waals surface area contributed by atoms with Crippen LogP contribution in [0, 0.1) is 0 Å². The molecule has 0 N–H and O–H groups in total. The summed E-state index contributed by atoms with van der Waals surface area (Å²) in [7, 11) is 1.30. The largest absolute Gasteiger partial charge is 0.452 e. The van der Waals surface area contributed by atoms with Gasteiger partial charge in [0.2, 0.25) is 0 Å². The van der Waals surface area contributed by atoms with Crippen LogP contribution in [0.2, 0.25) is 0 Å². The maximum atomic E-state index is 11.9. The molecule has 0 fully saturated rings. The molecule has 0 saturated heterocycles. The van der Waals surface area contributed by atoms with Gasteiger partial charge in [0.1, 0.15) is 0 Å². The molecule has 3 rings (SSSR count). The SMILES string of the molecule is COC(=O)N1C(=O)C=C2c3ccccc3CCC21. The summed E-state index contributed by atoms with van der Waals surface area (Å²) in [4.78, 5) is 24.8. The van der Waals surface area contributed by atoms with Gasteiger partial charge in [0, 0.05) is 6.08 Å². The number of nitrogens with zero attached hydrogens (tertiary/aromatic N) is 1. The summed E-state index contributed by atoms with van der Waals surface area (Å²) >= 11 is 0. The third-order valence-electron chi connectivity index (χ3n) is 3.57. The van der Waals surface area contributed by atoms with E-state index in [1.54, 1.807) is 6.08 Å². The van der Waals surface area contributed by atoms with Gasteiger partial charge in [0.15, 0.2) is 0 Å². The minimum absolute atomic E-state index is 0.167. The van der Waals surface area contributed by atoms with E-state index >= 15 is 0 Å². The number of fused-ring (bicyclic) bond motifs is 3. The predicted molar refractivity (Wildman–Crippen MR) is 65.8 cm³/mol. The Hall–Kier alpha value is -2.10. The zero-order chi connectivity index (χ0) is 12.7. The van der Waals surface area contributed by atoms with Crippen LogP contribution in [0.25, 0.3) is 5.57 Å². The van der Waals surface area contributed by atoms with Gasteiger partial charge in [0.25, 0.3) is 5.91 Å². The highest BCUT2D eigenvalue weighted by molar-refractivity contribution is 6.09. The fourth-order valence-corrected chi connectivity index (χ4v) is 2.76. The molecular weight excluding hydrogens is 230 g/mol. The van der Waals surface area contributed by atoms with Crippen LogP contribution in [-0.2, 0) is 16.0 Å². The third-order valence-corrected chi connectivity index (χ3v) is 3.57.